The highest BCUT2D eigenvalue weighted by molar-refractivity contribution is 7.16. The Kier molecular flexibility index (Phi) is 5.13. The number of benzene rings is 1. The maximum Gasteiger partial charge on any atom is 0.223 e. The van der Waals surface area contributed by atoms with Crippen molar-refractivity contribution in [3.05, 3.63) is 59.0 Å². The van der Waals surface area contributed by atoms with Gasteiger partial charge in [-0.25, -0.2) is 19.5 Å². The summed E-state index contributed by atoms with van der Waals surface area (Å²) in [6.07, 6.45) is 2.76. The van der Waals surface area contributed by atoms with Gasteiger partial charge in [-0.1, -0.05) is 12.1 Å². The van der Waals surface area contributed by atoms with E-state index in [0.29, 0.717) is 25.9 Å². The summed E-state index contributed by atoms with van der Waals surface area (Å²) in [6, 6.07) is 10.1. The minimum Gasteiger partial charge on any atom is -0.352 e. The molecule has 0 atom stereocenters. The Bertz CT molecular complexity index is 1530. The SMILES string of the molecule is Cc1nc2c3ccccc3nn2c(C)c1CCC(=O)N1CCN(c2ncnc3sccc23)CC1. The summed E-state index contributed by atoms with van der Waals surface area (Å²) in [5.74, 6) is 1.16. The van der Waals surface area contributed by atoms with Crippen molar-refractivity contribution >= 4 is 49.8 Å². The van der Waals surface area contributed by atoms with E-state index < -0.39 is 0 Å². The van der Waals surface area contributed by atoms with Crippen LogP contribution in [0.15, 0.2) is 42.0 Å². The standard InChI is InChI=1S/C25H25N7OS/c1-16-18(17(2)32-24(28-16)19-5-3-4-6-21(19)29-32)7-8-22(33)30-10-12-31(13-11-30)23-20-9-14-34-25(20)27-15-26-23/h3-6,9,14-15H,7-8,10-13H2,1-2H3. The zero-order valence-electron chi connectivity index (χ0n) is 19.2. The first kappa shape index (κ1) is 21.0. The van der Waals surface area contributed by atoms with Crippen molar-refractivity contribution in [1.29, 1.82) is 0 Å². The first-order valence-corrected chi connectivity index (χ1v) is 12.4. The predicted molar refractivity (Wildman–Crippen MR) is 134 cm³/mol. The van der Waals surface area contributed by atoms with Crippen molar-refractivity contribution in [2.24, 2.45) is 0 Å². The molecular formula is C25H25N7OS. The average molecular weight is 472 g/mol. The molecule has 0 spiro atoms. The van der Waals surface area contributed by atoms with Gasteiger partial charge in [0.15, 0.2) is 5.65 Å². The Morgan fingerprint density at radius 1 is 1.03 bits per heavy atom. The van der Waals surface area contributed by atoms with E-state index in [1.54, 1.807) is 17.7 Å². The molecule has 34 heavy (non-hydrogen) atoms. The highest BCUT2D eigenvalue weighted by atomic mass is 32.1. The second kappa shape index (κ2) is 8.32. The van der Waals surface area contributed by atoms with Crippen LogP contribution in [0, 0.1) is 13.8 Å². The van der Waals surface area contributed by atoms with Crippen molar-refractivity contribution in [2.75, 3.05) is 31.1 Å². The van der Waals surface area contributed by atoms with Gasteiger partial charge in [0, 0.05) is 49.4 Å². The van der Waals surface area contributed by atoms with Crippen LogP contribution in [0.3, 0.4) is 0 Å². The van der Waals surface area contributed by atoms with E-state index in [9.17, 15) is 4.79 Å². The van der Waals surface area contributed by atoms with Gasteiger partial charge in [-0.05, 0) is 49.4 Å². The van der Waals surface area contributed by atoms with Gasteiger partial charge < -0.3 is 9.80 Å². The van der Waals surface area contributed by atoms with Gasteiger partial charge in [-0.3, -0.25) is 4.79 Å². The molecule has 1 fully saturated rings. The van der Waals surface area contributed by atoms with E-state index in [4.69, 9.17) is 10.1 Å². The normalized spacial score (nSPS) is 14.5. The molecule has 0 radical (unpaired) electrons. The Morgan fingerprint density at radius 2 is 1.85 bits per heavy atom. The first-order chi connectivity index (χ1) is 16.6. The Morgan fingerprint density at radius 3 is 2.71 bits per heavy atom. The Hall–Kier alpha value is -3.59. The minimum absolute atomic E-state index is 0.188. The van der Waals surface area contributed by atoms with Gasteiger partial charge in [0.25, 0.3) is 0 Å². The summed E-state index contributed by atoms with van der Waals surface area (Å²) in [7, 11) is 0. The third-order valence-corrected chi connectivity index (χ3v) is 7.60. The molecule has 5 aromatic rings. The highest BCUT2D eigenvalue weighted by Crippen LogP contribution is 2.28. The molecule has 8 nitrogen and oxygen atoms in total. The van der Waals surface area contributed by atoms with E-state index in [1.807, 2.05) is 39.9 Å². The van der Waals surface area contributed by atoms with E-state index in [1.165, 1.54) is 0 Å². The molecule has 9 heteroatoms. The second-order valence-corrected chi connectivity index (χ2v) is 9.61. The maximum absolute atomic E-state index is 13.1. The van der Waals surface area contributed by atoms with E-state index in [2.05, 4.69) is 33.9 Å². The Labute approximate surface area is 200 Å². The van der Waals surface area contributed by atoms with Crippen LogP contribution < -0.4 is 4.90 Å². The first-order valence-electron chi connectivity index (χ1n) is 11.5. The lowest BCUT2D eigenvalue weighted by molar-refractivity contribution is -0.131. The van der Waals surface area contributed by atoms with Crippen LogP contribution in [0.1, 0.15) is 23.4 Å². The van der Waals surface area contributed by atoms with Gasteiger partial charge >= 0.3 is 0 Å². The number of hydrogen-bond donors (Lipinski definition) is 0. The molecule has 4 aromatic heterocycles. The van der Waals surface area contributed by atoms with Crippen LogP contribution in [0.25, 0.3) is 26.8 Å². The van der Waals surface area contributed by atoms with Crippen molar-refractivity contribution in [2.45, 2.75) is 26.7 Å². The van der Waals surface area contributed by atoms with Gasteiger partial charge in [0.1, 0.15) is 17.0 Å². The smallest absolute Gasteiger partial charge is 0.223 e. The molecular weight excluding hydrogens is 446 g/mol. The monoisotopic (exact) mass is 471 g/mol. The predicted octanol–water partition coefficient (Wildman–Crippen LogP) is 3.79. The number of piperazine rings is 1. The molecule has 0 N–H and O–H groups in total. The van der Waals surface area contributed by atoms with Crippen molar-refractivity contribution < 1.29 is 4.79 Å². The summed E-state index contributed by atoms with van der Waals surface area (Å²) < 4.78 is 1.92. The fraction of sp³-hybridized carbons (Fsp3) is 0.320. The van der Waals surface area contributed by atoms with Crippen LogP contribution in [-0.4, -0.2) is 61.6 Å². The quantitative estimate of drug-likeness (QED) is 0.397. The number of carbonyl (C=O) groups excluding carboxylic acids is 1. The molecule has 0 unspecified atom stereocenters. The molecule has 6 rings (SSSR count). The number of rotatable bonds is 4. The van der Waals surface area contributed by atoms with Gasteiger partial charge in [-0.2, -0.15) is 5.10 Å². The number of carbonyl (C=O) groups is 1. The molecule has 172 valence electrons. The van der Waals surface area contributed by atoms with Crippen LogP contribution in [0.5, 0.6) is 0 Å². The number of hydrogen-bond acceptors (Lipinski definition) is 7. The lowest BCUT2D eigenvalue weighted by Gasteiger charge is -2.35. The summed E-state index contributed by atoms with van der Waals surface area (Å²) in [5.41, 5.74) is 4.94. The molecule has 5 heterocycles. The van der Waals surface area contributed by atoms with Crippen LogP contribution in [0.2, 0.25) is 0 Å². The molecule has 0 aliphatic carbocycles. The lowest BCUT2D eigenvalue weighted by Crippen LogP contribution is -2.49. The van der Waals surface area contributed by atoms with Gasteiger partial charge in [-0.15, -0.1) is 11.3 Å². The maximum atomic E-state index is 13.1. The third-order valence-electron chi connectivity index (χ3n) is 6.78. The summed E-state index contributed by atoms with van der Waals surface area (Å²) in [6.45, 7) is 7.06. The number of nitrogens with zero attached hydrogens (tertiary/aromatic N) is 7. The molecule has 1 aliphatic heterocycles. The molecule has 0 bridgehead atoms. The summed E-state index contributed by atoms with van der Waals surface area (Å²) in [5, 5.41) is 8.92. The fourth-order valence-corrected chi connectivity index (χ4v) is 5.65. The van der Waals surface area contributed by atoms with Crippen LogP contribution >= 0.6 is 11.3 Å². The number of thiophene rings is 1. The highest BCUT2D eigenvalue weighted by Gasteiger charge is 2.24. The second-order valence-electron chi connectivity index (χ2n) is 8.72. The van der Waals surface area contributed by atoms with Crippen LogP contribution in [0.4, 0.5) is 5.82 Å². The van der Waals surface area contributed by atoms with E-state index in [0.717, 1.165) is 62.6 Å². The lowest BCUT2D eigenvalue weighted by atomic mass is 10.1. The Balaban J connectivity index is 1.15. The van der Waals surface area contributed by atoms with E-state index >= 15 is 0 Å². The zero-order valence-corrected chi connectivity index (χ0v) is 20.0. The summed E-state index contributed by atoms with van der Waals surface area (Å²) in [4.78, 5) is 32.0. The van der Waals surface area contributed by atoms with Crippen LogP contribution in [-0.2, 0) is 11.2 Å². The van der Waals surface area contributed by atoms with Crippen molar-refractivity contribution in [3.8, 4) is 0 Å². The zero-order chi connectivity index (χ0) is 23.2. The minimum atomic E-state index is 0.188. The number of anilines is 1. The molecule has 0 saturated carbocycles. The fourth-order valence-electron chi connectivity index (χ4n) is 4.92. The largest absolute Gasteiger partial charge is 0.352 e. The van der Waals surface area contributed by atoms with Gasteiger partial charge in [0.05, 0.1) is 10.9 Å². The average Bonchev–Trinajstić information content (AvgIpc) is 3.49. The molecule has 1 amide bonds. The van der Waals surface area contributed by atoms with Crippen molar-refractivity contribution in [1.82, 2.24) is 29.5 Å². The number of fused-ring (bicyclic) bond motifs is 4. The number of aromatic nitrogens is 5. The van der Waals surface area contributed by atoms with E-state index in [-0.39, 0.29) is 5.91 Å². The number of amides is 1. The summed E-state index contributed by atoms with van der Waals surface area (Å²) >= 11 is 1.63. The molecule has 1 saturated heterocycles. The third kappa shape index (κ3) is 3.47. The topological polar surface area (TPSA) is 79.5 Å². The molecule has 1 aliphatic rings. The molecule has 1 aromatic carbocycles. The van der Waals surface area contributed by atoms with Crippen molar-refractivity contribution in [3.63, 3.8) is 0 Å². The number of aryl methyl sites for hydroxylation is 2. The van der Waals surface area contributed by atoms with Gasteiger partial charge in [0.2, 0.25) is 5.91 Å².